The van der Waals surface area contributed by atoms with Crippen molar-refractivity contribution in [3.8, 4) is 5.75 Å². The Labute approximate surface area is 111 Å². The highest BCUT2D eigenvalue weighted by Gasteiger charge is 2.28. The van der Waals surface area contributed by atoms with Crippen LogP contribution in [0.4, 0.5) is 0 Å². The van der Waals surface area contributed by atoms with E-state index in [1.165, 1.54) is 18.4 Å². The number of imidazole rings is 1. The highest BCUT2D eigenvalue weighted by molar-refractivity contribution is 5.41. The summed E-state index contributed by atoms with van der Waals surface area (Å²) >= 11 is 0. The minimum Gasteiger partial charge on any atom is -0.493 e. The zero-order valence-electron chi connectivity index (χ0n) is 10.6. The largest absolute Gasteiger partial charge is 0.493 e. The number of benzene rings is 1. The Kier molecular flexibility index (Phi) is 2.38. The molecule has 0 bridgehead atoms. The van der Waals surface area contributed by atoms with Crippen molar-refractivity contribution in [2.75, 3.05) is 6.61 Å². The van der Waals surface area contributed by atoms with Crippen LogP contribution < -0.4 is 4.74 Å². The Hall–Kier alpha value is -1.81. The molecule has 2 aliphatic rings. The molecule has 1 unspecified atom stereocenters. The number of hydrogen-bond acceptors (Lipinski definition) is 3. The average Bonchev–Trinajstić information content (AvgIpc) is 3.00. The Morgan fingerprint density at radius 2 is 2.26 bits per heavy atom. The van der Waals surface area contributed by atoms with Crippen LogP contribution in [0.3, 0.4) is 0 Å². The molecule has 2 aromatic rings. The third-order valence-corrected chi connectivity index (χ3v) is 3.95. The van der Waals surface area contributed by atoms with Gasteiger partial charge >= 0.3 is 0 Å². The molecule has 1 aliphatic carbocycles. The third-order valence-electron chi connectivity index (χ3n) is 3.95. The fraction of sp³-hybridized carbons (Fsp3) is 0.400. The van der Waals surface area contributed by atoms with E-state index in [0.717, 1.165) is 30.0 Å². The molecule has 19 heavy (non-hydrogen) atoms. The molecule has 1 saturated carbocycles. The van der Waals surface area contributed by atoms with Crippen molar-refractivity contribution in [1.82, 2.24) is 9.55 Å². The van der Waals surface area contributed by atoms with Crippen molar-refractivity contribution in [3.63, 3.8) is 0 Å². The van der Waals surface area contributed by atoms with E-state index in [1.807, 2.05) is 18.5 Å². The number of aliphatic hydroxyl groups excluding tert-OH is 1. The molecule has 4 rings (SSSR count). The molecule has 98 valence electrons. The summed E-state index contributed by atoms with van der Waals surface area (Å²) in [4.78, 5) is 4.18. The summed E-state index contributed by atoms with van der Waals surface area (Å²) in [5, 5.41) is 10.6. The van der Waals surface area contributed by atoms with Gasteiger partial charge in [0.15, 0.2) is 0 Å². The van der Waals surface area contributed by atoms with Crippen molar-refractivity contribution in [2.45, 2.75) is 31.4 Å². The zero-order chi connectivity index (χ0) is 12.8. The second-order valence-electron chi connectivity index (χ2n) is 5.33. The van der Waals surface area contributed by atoms with Crippen LogP contribution in [0, 0.1) is 0 Å². The van der Waals surface area contributed by atoms with Crippen molar-refractivity contribution in [1.29, 1.82) is 0 Å². The summed E-state index contributed by atoms with van der Waals surface area (Å²) in [6.07, 6.45) is 6.30. The second kappa shape index (κ2) is 4.10. The predicted octanol–water partition coefficient (Wildman–Crippen LogP) is 2.23. The van der Waals surface area contributed by atoms with Crippen LogP contribution in [0.15, 0.2) is 30.7 Å². The lowest BCUT2D eigenvalue weighted by Crippen LogP contribution is -2.07. The van der Waals surface area contributed by atoms with Gasteiger partial charge in [0.25, 0.3) is 0 Å². The second-order valence-corrected chi connectivity index (χ2v) is 5.33. The summed E-state index contributed by atoms with van der Waals surface area (Å²) in [7, 11) is 0. The van der Waals surface area contributed by atoms with Gasteiger partial charge in [-0.25, -0.2) is 4.98 Å². The molecule has 0 saturated heterocycles. The number of hydrogen-bond donors (Lipinski definition) is 1. The Balaban J connectivity index is 1.69. The van der Waals surface area contributed by atoms with Gasteiger partial charge in [0, 0.05) is 12.5 Å². The number of fused-ring (bicyclic) bond motifs is 1. The monoisotopic (exact) mass is 256 g/mol. The third kappa shape index (κ3) is 1.83. The summed E-state index contributed by atoms with van der Waals surface area (Å²) < 4.78 is 7.60. The molecule has 1 N–H and O–H groups in total. The maximum atomic E-state index is 10.6. The van der Waals surface area contributed by atoms with E-state index in [-0.39, 0.29) is 0 Å². The molecular formula is C15H16N2O2. The maximum absolute atomic E-state index is 10.6. The van der Waals surface area contributed by atoms with Gasteiger partial charge in [0.1, 0.15) is 11.9 Å². The minimum absolute atomic E-state index is 0.532. The standard InChI is InChI=1S/C15H16N2O2/c18-15(13-8-16-9-17(13)12-2-3-12)11-1-4-14-10(7-11)5-6-19-14/h1,4,7-9,12,15,18H,2-3,5-6H2. The lowest BCUT2D eigenvalue weighted by Gasteiger charge is -2.14. The molecule has 1 atom stereocenters. The van der Waals surface area contributed by atoms with Gasteiger partial charge in [-0.2, -0.15) is 0 Å². The number of nitrogens with zero attached hydrogens (tertiary/aromatic N) is 2. The van der Waals surface area contributed by atoms with Gasteiger partial charge in [-0.1, -0.05) is 6.07 Å². The fourth-order valence-corrected chi connectivity index (χ4v) is 2.73. The number of aromatic nitrogens is 2. The Morgan fingerprint density at radius 1 is 1.37 bits per heavy atom. The van der Waals surface area contributed by atoms with Crippen molar-refractivity contribution in [2.24, 2.45) is 0 Å². The predicted molar refractivity (Wildman–Crippen MR) is 70.2 cm³/mol. The Bertz CT molecular complexity index is 616. The maximum Gasteiger partial charge on any atom is 0.122 e. The lowest BCUT2D eigenvalue weighted by molar-refractivity contribution is 0.209. The highest BCUT2D eigenvalue weighted by atomic mass is 16.5. The first-order valence-corrected chi connectivity index (χ1v) is 6.78. The quantitative estimate of drug-likeness (QED) is 0.916. The van der Waals surface area contributed by atoms with Gasteiger partial charge in [-0.15, -0.1) is 0 Å². The van der Waals surface area contributed by atoms with E-state index in [2.05, 4.69) is 15.6 Å². The first-order valence-electron chi connectivity index (χ1n) is 6.78. The molecule has 0 spiro atoms. The highest BCUT2D eigenvalue weighted by Crippen LogP contribution is 2.38. The molecular weight excluding hydrogens is 240 g/mol. The van der Waals surface area contributed by atoms with E-state index in [9.17, 15) is 5.11 Å². The molecule has 2 heterocycles. The van der Waals surface area contributed by atoms with Crippen LogP contribution in [-0.2, 0) is 6.42 Å². The van der Waals surface area contributed by atoms with Crippen LogP contribution in [0.25, 0.3) is 0 Å². The first kappa shape index (κ1) is 11.1. The van der Waals surface area contributed by atoms with Gasteiger partial charge < -0.3 is 14.4 Å². The zero-order valence-corrected chi connectivity index (χ0v) is 10.6. The van der Waals surface area contributed by atoms with Gasteiger partial charge in [-0.3, -0.25) is 0 Å². The Morgan fingerprint density at radius 3 is 3.11 bits per heavy atom. The van der Waals surface area contributed by atoms with Crippen LogP contribution in [0.2, 0.25) is 0 Å². The SMILES string of the molecule is OC(c1ccc2c(c1)CCO2)c1cncn1C1CC1. The topological polar surface area (TPSA) is 47.3 Å². The molecule has 1 fully saturated rings. The number of ether oxygens (including phenoxy) is 1. The van der Waals surface area contributed by atoms with E-state index >= 15 is 0 Å². The van der Waals surface area contributed by atoms with Gasteiger partial charge in [-0.05, 0) is 36.1 Å². The van der Waals surface area contributed by atoms with Crippen molar-refractivity contribution >= 4 is 0 Å². The summed E-state index contributed by atoms with van der Waals surface area (Å²) in [6.45, 7) is 0.745. The first-order chi connectivity index (χ1) is 9.33. The van der Waals surface area contributed by atoms with Gasteiger partial charge in [0.2, 0.25) is 0 Å². The van der Waals surface area contributed by atoms with E-state index in [4.69, 9.17) is 4.74 Å². The van der Waals surface area contributed by atoms with Gasteiger partial charge in [0.05, 0.1) is 24.8 Å². The molecule has 4 heteroatoms. The number of aliphatic hydroxyl groups is 1. The molecule has 0 radical (unpaired) electrons. The van der Waals surface area contributed by atoms with Crippen LogP contribution in [0.5, 0.6) is 5.75 Å². The average molecular weight is 256 g/mol. The van der Waals surface area contributed by atoms with Crippen molar-refractivity contribution in [3.05, 3.63) is 47.5 Å². The fourth-order valence-electron chi connectivity index (χ4n) is 2.73. The van der Waals surface area contributed by atoms with E-state index in [1.54, 1.807) is 6.20 Å². The van der Waals surface area contributed by atoms with Crippen LogP contribution >= 0.6 is 0 Å². The van der Waals surface area contributed by atoms with E-state index < -0.39 is 6.10 Å². The molecule has 1 aliphatic heterocycles. The summed E-state index contributed by atoms with van der Waals surface area (Å²) in [5.41, 5.74) is 3.00. The lowest BCUT2D eigenvalue weighted by atomic mass is 10.0. The summed E-state index contributed by atoms with van der Waals surface area (Å²) in [6, 6.07) is 6.49. The molecule has 4 nitrogen and oxygen atoms in total. The number of rotatable bonds is 3. The molecule has 0 amide bonds. The minimum atomic E-state index is -0.603. The van der Waals surface area contributed by atoms with Crippen LogP contribution in [0.1, 0.15) is 41.8 Å². The summed E-state index contributed by atoms with van der Waals surface area (Å²) in [5.74, 6) is 0.951. The van der Waals surface area contributed by atoms with E-state index in [0.29, 0.717) is 6.04 Å². The smallest absolute Gasteiger partial charge is 0.122 e. The normalized spacial score (nSPS) is 19.0. The van der Waals surface area contributed by atoms with Crippen LogP contribution in [-0.4, -0.2) is 21.3 Å². The molecule has 1 aromatic carbocycles. The van der Waals surface area contributed by atoms with Crippen molar-refractivity contribution < 1.29 is 9.84 Å². The molecule has 1 aromatic heterocycles.